The minimum atomic E-state index is -1.02. The van der Waals surface area contributed by atoms with Crippen molar-refractivity contribution in [2.24, 2.45) is 5.92 Å². The predicted octanol–water partition coefficient (Wildman–Crippen LogP) is 1.99. The molecule has 3 aromatic rings. The van der Waals surface area contributed by atoms with Gasteiger partial charge in [0.15, 0.2) is 0 Å². The second-order valence-corrected chi connectivity index (χ2v) is 8.50. The molecule has 0 aliphatic heterocycles. The van der Waals surface area contributed by atoms with Crippen LogP contribution in [0.25, 0.3) is 20.8 Å². The summed E-state index contributed by atoms with van der Waals surface area (Å²) in [6.45, 7) is -0.195. The van der Waals surface area contributed by atoms with Crippen molar-refractivity contribution in [3.63, 3.8) is 0 Å². The average Bonchev–Trinajstić information content (AvgIpc) is 3.27. The normalized spacial score (nSPS) is 24.2. The lowest BCUT2D eigenvalue weighted by atomic mass is 10.1. The number of rotatable bonds is 5. The molecule has 0 spiro atoms. The first kappa shape index (κ1) is 20.2. The summed E-state index contributed by atoms with van der Waals surface area (Å²) < 4.78 is 1.02. The van der Waals surface area contributed by atoms with Gasteiger partial charge < -0.3 is 25.5 Å². The summed E-state index contributed by atoms with van der Waals surface area (Å²) in [4.78, 5) is 15.4. The summed E-state index contributed by atoms with van der Waals surface area (Å²) in [5, 5.41) is 34.1. The Morgan fingerprint density at radius 2 is 1.97 bits per heavy atom. The van der Waals surface area contributed by atoms with E-state index in [-0.39, 0.29) is 11.8 Å². The Bertz CT molecular complexity index is 999. The van der Waals surface area contributed by atoms with Crippen molar-refractivity contribution in [2.45, 2.75) is 24.7 Å². The largest absolute Gasteiger partial charge is 0.396 e. The fraction of sp³-hybridized carbons (Fsp3) is 0.421. The maximum absolute atomic E-state index is 10.6. The molecule has 4 atom stereocenters. The van der Waals surface area contributed by atoms with E-state index in [1.54, 1.807) is 19.0 Å². The number of nitrogens with zero attached hydrogens (tertiary/aromatic N) is 4. The topological polar surface area (TPSA) is 115 Å². The van der Waals surface area contributed by atoms with Crippen LogP contribution in [0.1, 0.15) is 6.42 Å². The summed E-state index contributed by atoms with van der Waals surface area (Å²) in [6, 6.07) is 7.35. The third-order valence-electron chi connectivity index (χ3n) is 5.41. The molecule has 2 heterocycles. The summed E-state index contributed by atoms with van der Waals surface area (Å²) in [7, 11) is 3.48. The highest BCUT2D eigenvalue weighted by molar-refractivity contribution is 7.21. The Morgan fingerprint density at radius 1 is 1.21 bits per heavy atom. The number of benzene rings is 1. The minimum absolute atomic E-state index is 0.195. The van der Waals surface area contributed by atoms with E-state index in [0.29, 0.717) is 28.8 Å². The van der Waals surface area contributed by atoms with Crippen LogP contribution in [0, 0.1) is 5.92 Å². The number of fused-ring (bicyclic) bond motifs is 1. The Labute approximate surface area is 176 Å². The first-order valence-corrected chi connectivity index (χ1v) is 10.4. The number of thiazole rings is 1. The third kappa shape index (κ3) is 3.53. The van der Waals surface area contributed by atoms with Crippen molar-refractivity contribution in [3.8, 4) is 10.6 Å². The number of anilines is 2. The highest BCUT2D eigenvalue weighted by atomic mass is 35.5. The van der Waals surface area contributed by atoms with Crippen molar-refractivity contribution in [1.29, 1.82) is 0 Å². The molecule has 4 unspecified atom stereocenters. The Kier molecular flexibility index (Phi) is 5.58. The summed E-state index contributed by atoms with van der Waals surface area (Å²) in [6.07, 6.45) is -1.60. The van der Waals surface area contributed by atoms with E-state index >= 15 is 0 Å². The first-order chi connectivity index (χ1) is 13.9. The highest BCUT2D eigenvalue weighted by Crippen LogP contribution is 2.41. The Hall–Kier alpha value is -2.04. The number of hydrogen-bond acceptors (Lipinski definition) is 9. The molecule has 1 aliphatic rings. The monoisotopic (exact) mass is 435 g/mol. The van der Waals surface area contributed by atoms with Crippen molar-refractivity contribution in [2.75, 3.05) is 30.9 Å². The smallest absolute Gasteiger partial charge is 0.225 e. The molecule has 29 heavy (non-hydrogen) atoms. The number of aromatic nitrogens is 3. The summed E-state index contributed by atoms with van der Waals surface area (Å²) in [5.74, 6) is 0.445. The van der Waals surface area contributed by atoms with Gasteiger partial charge in [-0.2, -0.15) is 4.98 Å². The van der Waals surface area contributed by atoms with E-state index in [9.17, 15) is 15.3 Å². The zero-order chi connectivity index (χ0) is 20.7. The molecule has 154 valence electrons. The number of likely N-dealkylation sites (N-methyl/N-ethyl adjacent to an activating group) is 1. The fourth-order valence-corrected chi connectivity index (χ4v) is 5.09. The number of para-hydroxylation sites is 1. The number of halogens is 1. The first-order valence-electron chi connectivity index (χ1n) is 9.25. The number of aliphatic hydroxyl groups is 3. The van der Waals surface area contributed by atoms with E-state index in [1.807, 2.05) is 24.3 Å². The van der Waals surface area contributed by atoms with Gasteiger partial charge in [0, 0.05) is 26.6 Å². The lowest BCUT2D eigenvalue weighted by Crippen LogP contribution is -2.42. The van der Waals surface area contributed by atoms with E-state index in [4.69, 9.17) is 11.6 Å². The van der Waals surface area contributed by atoms with Crippen molar-refractivity contribution < 1.29 is 15.3 Å². The fourth-order valence-electron chi connectivity index (χ4n) is 3.77. The van der Waals surface area contributed by atoms with Crippen LogP contribution < -0.4 is 10.2 Å². The zero-order valence-electron chi connectivity index (χ0n) is 15.9. The molecule has 4 rings (SSSR count). The van der Waals surface area contributed by atoms with Crippen LogP contribution in [0.2, 0.25) is 5.15 Å². The maximum Gasteiger partial charge on any atom is 0.225 e. The molecule has 8 nitrogen and oxygen atoms in total. The van der Waals surface area contributed by atoms with Crippen LogP contribution in [-0.4, -0.2) is 69.2 Å². The van der Waals surface area contributed by atoms with Gasteiger partial charge in [0.1, 0.15) is 22.1 Å². The van der Waals surface area contributed by atoms with Gasteiger partial charge in [-0.1, -0.05) is 23.7 Å². The third-order valence-corrected chi connectivity index (χ3v) is 6.74. The second kappa shape index (κ2) is 8.00. The molecule has 2 aromatic heterocycles. The molecule has 0 bridgehead atoms. The van der Waals surface area contributed by atoms with E-state index in [1.165, 1.54) is 11.3 Å². The number of hydrogen-bond donors (Lipinski definition) is 4. The Balaban J connectivity index is 1.82. The van der Waals surface area contributed by atoms with Crippen LogP contribution in [0.15, 0.2) is 24.3 Å². The van der Waals surface area contributed by atoms with Crippen LogP contribution >= 0.6 is 22.9 Å². The van der Waals surface area contributed by atoms with E-state index in [0.717, 1.165) is 10.2 Å². The van der Waals surface area contributed by atoms with Crippen LogP contribution in [0.4, 0.5) is 11.8 Å². The van der Waals surface area contributed by atoms with Crippen LogP contribution in [0.3, 0.4) is 0 Å². The summed E-state index contributed by atoms with van der Waals surface area (Å²) in [5.41, 5.74) is 1.43. The van der Waals surface area contributed by atoms with Gasteiger partial charge >= 0.3 is 0 Å². The van der Waals surface area contributed by atoms with Gasteiger partial charge in [0.2, 0.25) is 5.95 Å². The van der Waals surface area contributed by atoms with Crippen molar-refractivity contribution in [1.82, 2.24) is 15.0 Å². The predicted molar refractivity (Wildman–Crippen MR) is 115 cm³/mol. The molecule has 0 amide bonds. The highest BCUT2D eigenvalue weighted by Gasteiger charge is 2.44. The van der Waals surface area contributed by atoms with Crippen LogP contribution in [-0.2, 0) is 0 Å². The quantitative estimate of drug-likeness (QED) is 0.450. The van der Waals surface area contributed by atoms with Gasteiger partial charge in [0.25, 0.3) is 0 Å². The van der Waals surface area contributed by atoms with Crippen LogP contribution in [0.5, 0.6) is 0 Å². The minimum Gasteiger partial charge on any atom is -0.396 e. The molecular weight excluding hydrogens is 414 g/mol. The molecule has 1 aromatic carbocycles. The average molecular weight is 436 g/mol. The second-order valence-electron chi connectivity index (χ2n) is 7.11. The molecule has 0 saturated heterocycles. The molecule has 4 N–H and O–H groups in total. The maximum atomic E-state index is 10.6. The number of nitrogens with one attached hydrogen (secondary N) is 1. The van der Waals surface area contributed by atoms with Gasteiger partial charge in [-0.3, -0.25) is 0 Å². The van der Waals surface area contributed by atoms with Crippen molar-refractivity contribution >= 4 is 44.9 Å². The van der Waals surface area contributed by atoms with E-state index in [2.05, 4.69) is 20.3 Å². The lowest BCUT2D eigenvalue weighted by molar-refractivity contribution is 0.00261. The molecule has 1 fully saturated rings. The lowest BCUT2D eigenvalue weighted by Gasteiger charge is -2.30. The van der Waals surface area contributed by atoms with Gasteiger partial charge in [-0.25, -0.2) is 9.97 Å². The molecule has 1 aliphatic carbocycles. The van der Waals surface area contributed by atoms with Gasteiger partial charge in [0.05, 0.1) is 27.9 Å². The molecule has 1 saturated carbocycles. The molecule has 0 radical (unpaired) electrons. The standard InChI is InChI=1S/C19H22ClN5O3S/c1-21-19-23-16(20)13(18-22-10-5-3-4-6-12(10)29-18)17(24-19)25(2)11-7-9(8-26)14(27)15(11)28/h3-6,9,11,14-15,26-28H,7-8H2,1-2H3,(H,21,23,24). The molecule has 10 heteroatoms. The van der Waals surface area contributed by atoms with Crippen molar-refractivity contribution in [3.05, 3.63) is 29.4 Å². The molecular formula is C19H22ClN5O3S. The van der Waals surface area contributed by atoms with Gasteiger partial charge in [-0.05, 0) is 18.6 Å². The zero-order valence-corrected chi connectivity index (χ0v) is 17.5. The van der Waals surface area contributed by atoms with Gasteiger partial charge in [-0.15, -0.1) is 11.3 Å². The summed E-state index contributed by atoms with van der Waals surface area (Å²) >= 11 is 8.03. The SMILES string of the molecule is CNc1nc(Cl)c(-c2nc3ccccc3s2)c(N(C)C2CC(CO)C(O)C2O)n1. The van der Waals surface area contributed by atoms with E-state index < -0.39 is 24.2 Å². The number of aliphatic hydroxyl groups excluding tert-OH is 3. The Morgan fingerprint density at radius 3 is 2.62 bits per heavy atom.